The molecule has 0 aliphatic heterocycles. The molecule has 3 aromatic heterocycles. The summed E-state index contributed by atoms with van der Waals surface area (Å²) in [6.45, 7) is 8.24. The Balaban J connectivity index is 1.59. The Morgan fingerprint density at radius 1 is 1.06 bits per heavy atom. The van der Waals surface area contributed by atoms with Gasteiger partial charge in [0, 0.05) is 41.4 Å². The maximum Gasteiger partial charge on any atom is 0.257 e. The number of hydrogen-bond donors (Lipinski definition) is 3. The van der Waals surface area contributed by atoms with E-state index in [1.807, 2.05) is 24.4 Å². The number of carbonyl (C=O) groups is 1. The van der Waals surface area contributed by atoms with Gasteiger partial charge >= 0.3 is 0 Å². The number of rotatable bonds is 6. The molecule has 3 heterocycles. The van der Waals surface area contributed by atoms with Gasteiger partial charge in [-0.25, -0.2) is 24.9 Å². The number of carbonyl (C=O) groups excluding carboxylic acids is 1. The summed E-state index contributed by atoms with van der Waals surface area (Å²) >= 11 is 1.42. The van der Waals surface area contributed by atoms with Crippen molar-refractivity contribution in [2.24, 2.45) is 0 Å². The zero-order valence-corrected chi connectivity index (χ0v) is 20.5. The first kappa shape index (κ1) is 23.2. The van der Waals surface area contributed by atoms with Gasteiger partial charge in [0.25, 0.3) is 5.91 Å². The van der Waals surface area contributed by atoms with Crippen molar-refractivity contribution < 1.29 is 4.79 Å². The molecular formula is C24H26N8OS. The van der Waals surface area contributed by atoms with E-state index in [1.54, 1.807) is 25.4 Å². The van der Waals surface area contributed by atoms with Crippen molar-refractivity contribution in [1.82, 2.24) is 24.9 Å². The third kappa shape index (κ3) is 5.18. The van der Waals surface area contributed by atoms with Crippen molar-refractivity contribution in [3.8, 4) is 11.3 Å². The van der Waals surface area contributed by atoms with Crippen LogP contribution >= 0.6 is 11.3 Å². The third-order valence-electron chi connectivity index (χ3n) is 5.16. The van der Waals surface area contributed by atoms with Crippen molar-refractivity contribution in [1.29, 1.82) is 0 Å². The van der Waals surface area contributed by atoms with Crippen molar-refractivity contribution in [2.45, 2.75) is 33.1 Å². The summed E-state index contributed by atoms with van der Waals surface area (Å²) in [5.74, 6) is 1.04. The number of amides is 1. The smallest absolute Gasteiger partial charge is 0.257 e. The van der Waals surface area contributed by atoms with Crippen LogP contribution in [0.5, 0.6) is 0 Å². The molecule has 174 valence electrons. The number of nitrogens with one attached hydrogen (secondary N) is 3. The molecule has 0 fully saturated rings. The number of benzene rings is 1. The van der Waals surface area contributed by atoms with Crippen molar-refractivity contribution in [3.05, 3.63) is 65.3 Å². The second kappa shape index (κ2) is 9.52. The lowest BCUT2D eigenvalue weighted by molar-refractivity contribution is 0.102. The van der Waals surface area contributed by atoms with Crippen LogP contribution in [0.2, 0.25) is 0 Å². The molecule has 4 aromatic rings. The topological polar surface area (TPSA) is 118 Å². The Hall–Kier alpha value is -3.92. The van der Waals surface area contributed by atoms with Gasteiger partial charge in [0.2, 0.25) is 0 Å². The molecule has 3 N–H and O–H groups in total. The quantitative estimate of drug-likeness (QED) is 0.356. The third-order valence-corrected chi connectivity index (χ3v) is 5.92. The molecule has 10 heteroatoms. The van der Waals surface area contributed by atoms with Crippen LogP contribution in [-0.4, -0.2) is 37.9 Å². The minimum Gasteiger partial charge on any atom is -0.373 e. The van der Waals surface area contributed by atoms with Crippen LogP contribution < -0.4 is 16.0 Å². The Labute approximate surface area is 202 Å². The molecule has 0 aliphatic rings. The van der Waals surface area contributed by atoms with Crippen LogP contribution in [-0.2, 0) is 5.41 Å². The minimum atomic E-state index is -0.227. The summed E-state index contributed by atoms with van der Waals surface area (Å²) in [4.78, 5) is 34.5. The van der Waals surface area contributed by atoms with Crippen LogP contribution in [0.3, 0.4) is 0 Å². The second-order valence-electron chi connectivity index (χ2n) is 8.72. The second-order valence-corrected chi connectivity index (χ2v) is 9.58. The van der Waals surface area contributed by atoms with Gasteiger partial charge in [0.1, 0.15) is 24.3 Å². The number of thiazole rings is 1. The summed E-state index contributed by atoms with van der Waals surface area (Å²) in [5.41, 5.74) is 4.49. The standard InChI is InChI=1S/C24H26N8OS/c1-14-6-7-15(22(33)32-23-31-19(11-34-23)24(2,3)4)8-17(14)30-21-16(10-26-12-29-21)18-9-20(25-5)28-13-27-18/h6-13H,1-5H3,(H,25,27,28)(H,26,29,30)(H,31,32,33). The van der Waals surface area contributed by atoms with Gasteiger partial charge < -0.3 is 10.6 Å². The lowest BCUT2D eigenvalue weighted by Crippen LogP contribution is -2.14. The highest BCUT2D eigenvalue weighted by atomic mass is 32.1. The Morgan fingerprint density at radius 2 is 1.88 bits per heavy atom. The maximum atomic E-state index is 12.9. The fraction of sp³-hybridized carbons (Fsp3) is 0.250. The van der Waals surface area contributed by atoms with E-state index in [2.05, 4.69) is 61.6 Å². The van der Waals surface area contributed by atoms with Crippen molar-refractivity contribution in [3.63, 3.8) is 0 Å². The first-order valence-corrected chi connectivity index (χ1v) is 11.6. The number of aromatic nitrogens is 5. The first-order chi connectivity index (χ1) is 16.2. The van der Waals surface area contributed by atoms with E-state index in [1.165, 1.54) is 24.0 Å². The van der Waals surface area contributed by atoms with Gasteiger partial charge in [-0.15, -0.1) is 11.3 Å². The Bertz CT molecular complexity index is 1330. The largest absolute Gasteiger partial charge is 0.373 e. The predicted octanol–water partition coefficient (Wildman–Crippen LogP) is 5.03. The monoisotopic (exact) mass is 474 g/mol. The summed E-state index contributed by atoms with van der Waals surface area (Å²) in [5, 5.41) is 11.8. The highest BCUT2D eigenvalue weighted by Crippen LogP contribution is 2.30. The van der Waals surface area contributed by atoms with Gasteiger partial charge in [0.05, 0.1) is 17.0 Å². The summed E-state index contributed by atoms with van der Waals surface area (Å²) < 4.78 is 0. The van der Waals surface area contributed by atoms with Crippen molar-refractivity contribution >= 4 is 39.7 Å². The van der Waals surface area contributed by atoms with Crippen LogP contribution in [0, 0.1) is 6.92 Å². The molecule has 1 aromatic carbocycles. The van der Waals surface area contributed by atoms with Gasteiger partial charge in [-0.3, -0.25) is 10.1 Å². The van der Waals surface area contributed by atoms with E-state index in [4.69, 9.17) is 0 Å². The predicted molar refractivity (Wildman–Crippen MR) is 136 cm³/mol. The van der Waals surface area contributed by atoms with E-state index >= 15 is 0 Å². The van der Waals surface area contributed by atoms with E-state index in [-0.39, 0.29) is 11.3 Å². The zero-order chi connectivity index (χ0) is 24.3. The minimum absolute atomic E-state index is 0.0761. The average Bonchev–Trinajstić information content (AvgIpc) is 3.30. The van der Waals surface area contributed by atoms with Crippen LogP contribution in [0.25, 0.3) is 11.3 Å². The maximum absolute atomic E-state index is 12.9. The van der Waals surface area contributed by atoms with Crippen molar-refractivity contribution in [2.75, 3.05) is 23.0 Å². The van der Waals surface area contributed by atoms with Crippen LogP contribution in [0.1, 0.15) is 42.4 Å². The summed E-state index contributed by atoms with van der Waals surface area (Å²) in [7, 11) is 1.79. The molecule has 0 spiro atoms. The zero-order valence-electron chi connectivity index (χ0n) is 19.7. The molecule has 4 rings (SSSR count). The number of aryl methyl sites for hydroxylation is 1. The molecule has 0 radical (unpaired) electrons. The summed E-state index contributed by atoms with van der Waals surface area (Å²) in [6, 6.07) is 7.30. The van der Waals surface area contributed by atoms with E-state index in [0.717, 1.165) is 16.9 Å². The molecule has 0 aliphatic carbocycles. The number of hydrogen-bond acceptors (Lipinski definition) is 9. The molecule has 0 saturated heterocycles. The lowest BCUT2D eigenvalue weighted by atomic mass is 9.93. The lowest BCUT2D eigenvalue weighted by Gasteiger charge is -2.14. The fourth-order valence-electron chi connectivity index (χ4n) is 3.13. The van der Waals surface area contributed by atoms with Crippen LogP contribution in [0.4, 0.5) is 22.5 Å². The average molecular weight is 475 g/mol. The van der Waals surface area contributed by atoms with E-state index in [9.17, 15) is 4.79 Å². The summed E-state index contributed by atoms with van der Waals surface area (Å²) in [6.07, 6.45) is 4.64. The molecule has 34 heavy (non-hydrogen) atoms. The van der Waals surface area contributed by atoms with Crippen LogP contribution in [0.15, 0.2) is 48.5 Å². The molecule has 0 saturated carbocycles. The molecule has 9 nitrogen and oxygen atoms in total. The highest BCUT2D eigenvalue weighted by Gasteiger charge is 2.19. The van der Waals surface area contributed by atoms with E-state index < -0.39 is 0 Å². The molecule has 0 unspecified atom stereocenters. The normalized spacial score (nSPS) is 11.2. The number of anilines is 4. The van der Waals surface area contributed by atoms with Gasteiger partial charge in [-0.1, -0.05) is 26.8 Å². The molecular weight excluding hydrogens is 448 g/mol. The van der Waals surface area contributed by atoms with E-state index in [0.29, 0.717) is 33.6 Å². The Kier molecular flexibility index (Phi) is 6.51. The van der Waals surface area contributed by atoms with Gasteiger partial charge in [-0.2, -0.15) is 0 Å². The molecule has 0 bridgehead atoms. The first-order valence-electron chi connectivity index (χ1n) is 10.7. The molecule has 0 atom stereocenters. The number of nitrogens with zero attached hydrogens (tertiary/aromatic N) is 5. The highest BCUT2D eigenvalue weighted by molar-refractivity contribution is 7.14. The van der Waals surface area contributed by atoms with Gasteiger partial charge in [0.15, 0.2) is 5.13 Å². The van der Waals surface area contributed by atoms with Gasteiger partial charge in [-0.05, 0) is 24.6 Å². The fourth-order valence-corrected chi connectivity index (χ4v) is 4.06. The molecule has 1 amide bonds. The SMILES string of the molecule is CNc1cc(-c2cncnc2Nc2cc(C(=O)Nc3nc(C(C)(C)C)cs3)ccc2C)ncn1. The Morgan fingerprint density at radius 3 is 2.62 bits per heavy atom.